The smallest absolute Gasteiger partial charge is 0.343 e. The van der Waals surface area contributed by atoms with Crippen LogP contribution in [0.1, 0.15) is 36.2 Å². The fourth-order valence-electron chi connectivity index (χ4n) is 1.98. The van der Waals surface area contributed by atoms with Gasteiger partial charge in [-0.3, -0.25) is 4.79 Å². The molecule has 0 radical (unpaired) electrons. The molecule has 1 aliphatic heterocycles. The third-order valence-electron chi connectivity index (χ3n) is 2.89. The molecule has 0 saturated heterocycles. The van der Waals surface area contributed by atoms with Gasteiger partial charge in [0.25, 0.3) is 0 Å². The van der Waals surface area contributed by atoms with Gasteiger partial charge in [-0.1, -0.05) is 0 Å². The van der Waals surface area contributed by atoms with Crippen LogP contribution in [0.3, 0.4) is 0 Å². The highest BCUT2D eigenvalue weighted by molar-refractivity contribution is 5.89. The van der Waals surface area contributed by atoms with Gasteiger partial charge in [-0.2, -0.15) is 0 Å². The number of carbonyl (C=O) groups is 1. The molecule has 92 valence electrons. The van der Waals surface area contributed by atoms with Crippen LogP contribution >= 0.6 is 0 Å². The van der Waals surface area contributed by atoms with Crippen molar-refractivity contribution in [2.45, 2.75) is 32.7 Å². The third-order valence-corrected chi connectivity index (χ3v) is 2.89. The first-order valence-corrected chi connectivity index (χ1v) is 5.81. The molecule has 17 heavy (non-hydrogen) atoms. The van der Waals surface area contributed by atoms with E-state index in [0.717, 1.165) is 12.2 Å². The lowest BCUT2D eigenvalue weighted by molar-refractivity contribution is 0.0524. The van der Waals surface area contributed by atoms with E-state index in [1.54, 1.807) is 6.92 Å². The van der Waals surface area contributed by atoms with E-state index < -0.39 is 5.97 Å². The molecule has 0 spiro atoms. The Hall–Kier alpha value is -1.78. The van der Waals surface area contributed by atoms with E-state index in [1.807, 2.05) is 0 Å². The van der Waals surface area contributed by atoms with E-state index in [-0.39, 0.29) is 17.6 Å². The second-order valence-electron chi connectivity index (χ2n) is 4.19. The number of aromatic nitrogens is 1. The predicted molar refractivity (Wildman–Crippen MR) is 64.4 cm³/mol. The second kappa shape index (κ2) is 4.61. The van der Waals surface area contributed by atoms with E-state index in [2.05, 4.69) is 17.2 Å². The van der Waals surface area contributed by atoms with E-state index >= 15 is 0 Å². The number of hydrogen-bond acceptors (Lipinski definition) is 4. The van der Waals surface area contributed by atoms with E-state index in [1.165, 1.54) is 6.20 Å². The molecule has 1 atom stereocenters. The van der Waals surface area contributed by atoms with Gasteiger partial charge in [-0.25, -0.2) is 4.79 Å². The fourth-order valence-corrected chi connectivity index (χ4v) is 1.98. The van der Waals surface area contributed by atoms with Crippen molar-refractivity contribution < 1.29 is 9.53 Å². The minimum absolute atomic E-state index is 0.0851. The first-order valence-electron chi connectivity index (χ1n) is 5.81. The SMILES string of the molecule is CCOC(=O)c1c[nH]c2c(c1=O)CCC(C)N2. The summed E-state index contributed by atoms with van der Waals surface area (Å²) in [4.78, 5) is 26.6. The molecule has 0 aliphatic carbocycles. The molecule has 1 aliphatic rings. The van der Waals surface area contributed by atoms with Crippen molar-refractivity contribution in [3.05, 3.63) is 27.5 Å². The second-order valence-corrected chi connectivity index (χ2v) is 4.19. The highest BCUT2D eigenvalue weighted by Gasteiger charge is 2.21. The number of hydrogen-bond donors (Lipinski definition) is 2. The van der Waals surface area contributed by atoms with Crippen LogP contribution in [-0.2, 0) is 11.2 Å². The van der Waals surface area contributed by atoms with Gasteiger partial charge >= 0.3 is 5.97 Å². The molecule has 0 aromatic carbocycles. The molecule has 0 bridgehead atoms. The van der Waals surface area contributed by atoms with Gasteiger partial charge in [0.05, 0.1) is 6.61 Å². The van der Waals surface area contributed by atoms with Crippen LogP contribution in [0, 0.1) is 0 Å². The Morgan fingerprint density at radius 1 is 1.59 bits per heavy atom. The lowest BCUT2D eigenvalue weighted by atomic mass is 10.0. The standard InChI is InChI=1S/C12H16N2O3/c1-3-17-12(16)9-6-13-11-8(10(9)15)5-4-7(2)14-11/h6-7H,3-5H2,1-2H3,(H2,13,14,15). The maximum absolute atomic E-state index is 12.1. The van der Waals surface area contributed by atoms with Gasteiger partial charge in [-0.15, -0.1) is 0 Å². The van der Waals surface area contributed by atoms with Crippen molar-refractivity contribution in [2.75, 3.05) is 11.9 Å². The zero-order valence-corrected chi connectivity index (χ0v) is 10.0. The van der Waals surface area contributed by atoms with Crippen molar-refractivity contribution in [3.8, 4) is 0 Å². The highest BCUT2D eigenvalue weighted by Crippen LogP contribution is 2.19. The first kappa shape index (κ1) is 11.7. The van der Waals surface area contributed by atoms with E-state index in [9.17, 15) is 9.59 Å². The van der Waals surface area contributed by atoms with E-state index in [4.69, 9.17) is 4.74 Å². The summed E-state index contributed by atoms with van der Waals surface area (Å²) in [5.74, 6) is 0.164. The molecule has 5 nitrogen and oxygen atoms in total. The number of anilines is 1. The Morgan fingerprint density at radius 3 is 3.06 bits per heavy atom. The Balaban J connectivity index is 2.40. The molecule has 5 heteroatoms. The minimum Gasteiger partial charge on any atom is -0.462 e. The van der Waals surface area contributed by atoms with Crippen molar-refractivity contribution in [3.63, 3.8) is 0 Å². The maximum atomic E-state index is 12.1. The van der Waals surface area contributed by atoms with Crippen LogP contribution in [0.15, 0.2) is 11.0 Å². The molecule has 2 N–H and O–H groups in total. The fraction of sp³-hybridized carbons (Fsp3) is 0.500. The van der Waals surface area contributed by atoms with Crippen LogP contribution < -0.4 is 10.7 Å². The Kier molecular flexibility index (Phi) is 3.17. The molecule has 1 aromatic rings. The molecule has 0 saturated carbocycles. The largest absolute Gasteiger partial charge is 0.462 e. The van der Waals surface area contributed by atoms with Crippen molar-refractivity contribution in [1.29, 1.82) is 0 Å². The zero-order valence-electron chi connectivity index (χ0n) is 10.0. The average Bonchev–Trinajstić information content (AvgIpc) is 2.29. The number of carbonyl (C=O) groups excluding carboxylic acids is 1. The lowest BCUT2D eigenvalue weighted by Crippen LogP contribution is -2.30. The molecule has 1 aromatic heterocycles. The summed E-state index contributed by atoms with van der Waals surface area (Å²) in [5, 5.41) is 3.19. The van der Waals surface area contributed by atoms with Crippen LogP contribution in [-0.4, -0.2) is 23.6 Å². The van der Waals surface area contributed by atoms with Gasteiger partial charge < -0.3 is 15.0 Å². The zero-order chi connectivity index (χ0) is 12.4. The number of pyridine rings is 1. The molecule has 2 heterocycles. The van der Waals surface area contributed by atoms with Crippen LogP contribution in [0.25, 0.3) is 0 Å². The topological polar surface area (TPSA) is 71.2 Å². The van der Waals surface area contributed by atoms with Gasteiger partial charge in [0.15, 0.2) is 0 Å². The average molecular weight is 236 g/mol. The number of fused-ring (bicyclic) bond motifs is 1. The number of aromatic amines is 1. The highest BCUT2D eigenvalue weighted by atomic mass is 16.5. The van der Waals surface area contributed by atoms with Crippen LogP contribution in [0.4, 0.5) is 5.82 Å². The molecule has 2 rings (SSSR count). The molecule has 1 unspecified atom stereocenters. The van der Waals surface area contributed by atoms with Crippen LogP contribution in [0.2, 0.25) is 0 Å². The van der Waals surface area contributed by atoms with Gasteiger partial charge in [0.1, 0.15) is 11.4 Å². The summed E-state index contributed by atoms with van der Waals surface area (Å²) >= 11 is 0. The minimum atomic E-state index is -0.560. The van der Waals surface area contributed by atoms with Crippen LogP contribution in [0.5, 0.6) is 0 Å². The predicted octanol–water partition coefficient (Wildman–Crippen LogP) is 1.30. The maximum Gasteiger partial charge on any atom is 0.343 e. The first-order chi connectivity index (χ1) is 8.13. The summed E-state index contributed by atoms with van der Waals surface area (Å²) in [6.07, 6.45) is 3.00. The number of ether oxygens (including phenoxy) is 1. The Bertz CT molecular complexity index is 493. The van der Waals surface area contributed by atoms with Crippen molar-refractivity contribution in [1.82, 2.24) is 4.98 Å². The molecule has 0 fully saturated rings. The molecule has 0 amide bonds. The normalized spacial score (nSPS) is 18.1. The van der Waals surface area contributed by atoms with Crippen molar-refractivity contribution in [2.24, 2.45) is 0 Å². The number of nitrogens with one attached hydrogen (secondary N) is 2. The monoisotopic (exact) mass is 236 g/mol. The number of esters is 1. The van der Waals surface area contributed by atoms with Gasteiger partial charge in [-0.05, 0) is 26.7 Å². The number of H-pyrrole nitrogens is 1. The summed E-state index contributed by atoms with van der Waals surface area (Å²) in [6, 6.07) is 0.339. The third kappa shape index (κ3) is 2.18. The number of rotatable bonds is 2. The van der Waals surface area contributed by atoms with Gasteiger partial charge in [0, 0.05) is 17.8 Å². The van der Waals surface area contributed by atoms with Gasteiger partial charge in [0.2, 0.25) is 5.43 Å². The summed E-state index contributed by atoms with van der Waals surface area (Å²) in [6.45, 7) is 4.04. The summed E-state index contributed by atoms with van der Waals surface area (Å²) in [7, 11) is 0. The van der Waals surface area contributed by atoms with E-state index in [0.29, 0.717) is 18.0 Å². The molecular weight excluding hydrogens is 220 g/mol. The summed E-state index contributed by atoms with van der Waals surface area (Å²) in [5.41, 5.74) is 0.507. The Labute approximate surface area is 99.2 Å². The lowest BCUT2D eigenvalue weighted by Gasteiger charge is -2.23. The quantitative estimate of drug-likeness (QED) is 0.759. The Morgan fingerprint density at radius 2 is 2.35 bits per heavy atom. The molecular formula is C12H16N2O3. The summed E-state index contributed by atoms with van der Waals surface area (Å²) < 4.78 is 4.84. The van der Waals surface area contributed by atoms with Crippen molar-refractivity contribution >= 4 is 11.8 Å².